The first-order valence-corrected chi connectivity index (χ1v) is 15.0. The van der Waals surface area contributed by atoms with Crippen molar-refractivity contribution in [3.05, 3.63) is 182 Å². The van der Waals surface area contributed by atoms with Crippen molar-refractivity contribution < 1.29 is 22.2 Å². The van der Waals surface area contributed by atoms with Crippen molar-refractivity contribution in [1.82, 2.24) is 0 Å². The van der Waals surface area contributed by atoms with Gasteiger partial charge in [0.2, 0.25) is 0 Å². The molecule has 9 rings (SSSR count). The summed E-state index contributed by atoms with van der Waals surface area (Å²) in [6.45, 7) is 0. The fourth-order valence-electron chi connectivity index (χ4n) is 6.31. The van der Waals surface area contributed by atoms with Gasteiger partial charge in [0.05, 0.1) is 17.8 Å². The number of furan rings is 1. The molecule has 0 saturated heterocycles. The maximum Gasteiger partial charge on any atom is 0.143 e. The summed E-state index contributed by atoms with van der Waals surface area (Å²) in [6.07, 6.45) is 0. The van der Waals surface area contributed by atoms with Crippen LogP contribution in [-0.2, 0) is 0 Å². The van der Waals surface area contributed by atoms with Crippen LogP contribution in [-0.4, -0.2) is 0 Å². The number of hydrogen-bond acceptors (Lipinski definition) is 1. The molecular formula is C46H30O. The third kappa shape index (κ3) is 4.64. The monoisotopic (exact) mass is 611 g/mol. The lowest BCUT2D eigenvalue weighted by molar-refractivity contribution is 0.632. The minimum absolute atomic E-state index is 0.0181. The van der Waals surface area contributed by atoms with E-state index in [1.807, 2.05) is 54.6 Å². The second kappa shape index (κ2) is 11.3. The molecule has 220 valence electrons. The molecule has 0 aliphatic heterocycles. The molecule has 1 aromatic heterocycles. The Morgan fingerprint density at radius 2 is 0.830 bits per heavy atom. The zero-order valence-electron chi connectivity index (χ0n) is 37.7. The Morgan fingerprint density at radius 1 is 0.340 bits per heavy atom. The van der Waals surface area contributed by atoms with Gasteiger partial charge in [0.15, 0.2) is 0 Å². The van der Waals surface area contributed by atoms with Gasteiger partial charge in [0.25, 0.3) is 0 Å². The molecule has 1 heterocycles. The summed E-state index contributed by atoms with van der Waals surface area (Å²) in [5.74, 6) is 0.206. The van der Waals surface area contributed by atoms with Crippen molar-refractivity contribution in [2.45, 2.75) is 0 Å². The fourth-order valence-corrected chi connectivity index (χ4v) is 6.31. The van der Waals surface area contributed by atoms with Gasteiger partial charge in [-0.1, -0.05) is 170 Å². The van der Waals surface area contributed by atoms with Crippen LogP contribution in [0.2, 0.25) is 0 Å². The van der Waals surface area contributed by atoms with Gasteiger partial charge >= 0.3 is 0 Å². The Kier molecular flexibility index (Phi) is 4.08. The lowest BCUT2D eigenvalue weighted by atomic mass is 9.84. The summed E-state index contributed by atoms with van der Waals surface area (Å²) in [5, 5.41) is 0.324. The Labute approximate surface area is 292 Å². The SMILES string of the molecule is [2H]c1c([2H])c([2H])c(-c2ccc3oc(-c4ccc(-c5ccccc5)cc4)c(-c4c5c([2H])c([2H])c([2H])c([2H])c5c(-c5ccccc5)c5c([2H])c([2H])c([2H])c([2H])c45)c3c2)c([2H])c1[2H]. The summed E-state index contributed by atoms with van der Waals surface area (Å²) in [5.41, 5.74) is 3.72. The summed E-state index contributed by atoms with van der Waals surface area (Å²) >= 11 is 0. The molecule has 0 spiro atoms. The molecule has 1 heteroatoms. The van der Waals surface area contributed by atoms with E-state index in [1.54, 1.807) is 48.5 Å². The van der Waals surface area contributed by atoms with Crippen LogP contribution < -0.4 is 0 Å². The minimum Gasteiger partial charge on any atom is -0.455 e. The number of benzene rings is 8. The van der Waals surface area contributed by atoms with Crippen molar-refractivity contribution in [3.8, 4) is 55.8 Å². The van der Waals surface area contributed by atoms with Gasteiger partial charge in [-0.05, 0) is 67.1 Å². The summed E-state index contributed by atoms with van der Waals surface area (Å²) < 4.78 is 122. The van der Waals surface area contributed by atoms with Crippen molar-refractivity contribution in [2.75, 3.05) is 0 Å². The molecule has 0 aliphatic rings. The standard InChI is InChI=1S/C46H30O/c1-4-14-31(15-5-1)33-24-26-35(27-25-33)46-45(41-30-36(28-29-42(41)47-46)32-16-6-2-7-17-32)44-39-22-12-10-20-37(39)43(34-18-8-3-9-19-34)38-21-11-13-23-40(38)44/h1-30H/i2D,6D,7D,10D,11D,12D,13D,16D,17D,20D,21D,22D,23D. The van der Waals surface area contributed by atoms with Crippen LogP contribution in [0.25, 0.3) is 88.3 Å². The molecule has 0 amide bonds. The van der Waals surface area contributed by atoms with Gasteiger partial charge in [-0.25, -0.2) is 0 Å². The van der Waals surface area contributed by atoms with Crippen LogP contribution in [0.4, 0.5) is 0 Å². The largest absolute Gasteiger partial charge is 0.455 e. The van der Waals surface area contributed by atoms with Crippen LogP contribution in [0.3, 0.4) is 0 Å². The molecule has 9 aromatic rings. The van der Waals surface area contributed by atoms with Crippen LogP contribution >= 0.6 is 0 Å². The Hall–Kier alpha value is -6.18. The third-order valence-electron chi connectivity index (χ3n) is 8.42. The van der Waals surface area contributed by atoms with Crippen LogP contribution in [0.15, 0.2) is 186 Å². The summed E-state index contributed by atoms with van der Waals surface area (Å²) in [6, 6.07) is 24.2. The van der Waals surface area contributed by atoms with Crippen LogP contribution in [0.5, 0.6) is 0 Å². The van der Waals surface area contributed by atoms with Crippen molar-refractivity contribution in [3.63, 3.8) is 0 Å². The average molecular weight is 612 g/mol. The number of hydrogen-bond donors (Lipinski definition) is 0. The molecule has 0 fully saturated rings. The molecule has 0 N–H and O–H groups in total. The molecule has 0 radical (unpaired) electrons. The molecule has 0 bridgehead atoms. The van der Waals surface area contributed by atoms with Gasteiger partial charge in [-0.3, -0.25) is 0 Å². The van der Waals surface area contributed by atoms with E-state index in [9.17, 15) is 5.48 Å². The fraction of sp³-hybridized carbons (Fsp3) is 0. The van der Waals surface area contributed by atoms with Gasteiger partial charge in [-0.2, -0.15) is 0 Å². The lowest BCUT2D eigenvalue weighted by Crippen LogP contribution is -1.91. The Morgan fingerprint density at radius 3 is 1.45 bits per heavy atom. The average Bonchev–Trinajstić information content (AvgIpc) is 3.65. The predicted octanol–water partition coefficient (Wildman–Crippen LogP) is 13.1. The first-order valence-electron chi connectivity index (χ1n) is 21.5. The third-order valence-corrected chi connectivity index (χ3v) is 8.42. The second-order valence-electron chi connectivity index (χ2n) is 11.1. The highest BCUT2D eigenvalue weighted by atomic mass is 16.3. The van der Waals surface area contributed by atoms with E-state index in [0.717, 1.165) is 11.1 Å². The molecule has 1 nitrogen and oxygen atoms in total. The molecule has 0 atom stereocenters. The predicted molar refractivity (Wildman–Crippen MR) is 198 cm³/mol. The van der Waals surface area contributed by atoms with Gasteiger partial charge in [-0.15, -0.1) is 0 Å². The van der Waals surface area contributed by atoms with E-state index in [4.69, 9.17) is 16.8 Å². The quantitative estimate of drug-likeness (QED) is 0.176. The second-order valence-corrected chi connectivity index (χ2v) is 11.1. The van der Waals surface area contributed by atoms with E-state index >= 15 is 0 Å². The Bertz CT molecular complexity index is 3160. The maximum atomic E-state index is 9.51. The molecule has 0 aliphatic carbocycles. The van der Waals surface area contributed by atoms with E-state index in [2.05, 4.69) is 0 Å². The van der Waals surface area contributed by atoms with Crippen molar-refractivity contribution in [2.24, 2.45) is 0 Å². The lowest BCUT2D eigenvalue weighted by Gasteiger charge is -2.18. The van der Waals surface area contributed by atoms with E-state index in [1.165, 1.54) is 0 Å². The highest BCUT2D eigenvalue weighted by Gasteiger charge is 2.24. The van der Waals surface area contributed by atoms with Gasteiger partial charge in [0.1, 0.15) is 11.3 Å². The molecular weight excluding hydrogens is 569 g/mol. The topological polar surface area (TPSA) is 13.1 Å². The normalized spacial score (nSPS) is 15.3. The maximum absolute atomic E-state index is 9.51. The zero-order chi connectivity index (χ0) is 42.5. The van der Waals surface area contributed by atoms with Crippen LogP contribution in [0, 0.1) is 0 Å². The van der Waals surface area contributed by atoms with Gasteiger partial charge in [0, 0.05) is 22.1 Å². The highest BCUT2D eigenvalue weighted by molar-refractivity contribution is 6.25. The summed E-state index contributed by atoms with van der Waals surface area (Å²) in [4.78, 5) is 0. The molecule has 0 saturated carbocycles. The number of fused-ring (bicyclic) bond motifs is 3. The number of rotatable bonds is 5. The van der Waals surface area contributed by atoms with Crippen molar-refractivity contribution >= 4 is 32.5 Å². The Balaban J connectivity index is 1.53. The van der Waals surface area contributed by atoms with Crippen LogP contribution in [0.1, 0.15) is 17.8 Å². The van der Waals surface area contributed by atoms with Crippen molar-refractivity contribution in [1.29, 1.82) is 0 Å². The zero-order valence-corrected chi connectivity index (χ0v) is 24.7. The summed E-state index contributed by atoms with van der Waals surface area (Å²) in [7, 11) is 0. The first-order chi connectivity index (χ1) is 28.7. The van der Waals surface area contributed by atoms with E-state index in [-0.39, 0.29) is 60.7 Å². The highest BCUT2D eigenvalue weighted by Crippen LogP contribution is 2.50. The molecule has 47 heavy (non-hydrogen) atoms. The molecule has 8 aromatic carbocycles. The first kappa shape index (κ1) is 16.9. The van der Waals surface area contributed by atoms with Gasteiger partial charge < -0.3 is 4.42 Å². The van der Waals surface area contributed by atoms with E-state index < -0.39 is 78.6 Å². The van der Waals surface area contributed by atoms with E-state index in [0.29, 0.717) is 16.5 Å². The minimum atomic E-state index is -0.561. The smallest absolute Gasteiger partial charge is 0.143 e. The molecule has 0 unspecified atom stereocenters.